The summed E-state index contributed by atoms with van der Waals surface area (Å²) < 4.78 is 0.977. The second-order valence-electron chi connectivity index (χ2n) is 4.21. The topological polar surface area (TPSA) is 45.2 Å². The first-order chi connectivity index (χ1) is 8.20. The van der Waals surface area contributed by atoms with Gasteiger partial charge in [-0.1, -0.05) is 0 Å². The quantitative estimate of drug-likeness (QED) is 0.921. The van der Waals surface area contributed by atoms with Crippen molar-refractivity contribution in [2.24, 2.45) is 0 Å². The van der Waals surface area contributed by atoms with Crippen LogP contribution in [0.25, 0.3) is 0 Å². The molecule has 0 radical (unpaired) electrons. The third-order valence-corrected chi connectivity index (χ3v) is 3.54. The largest absolute Gasteiger partial charge is 0.358 e. The first kappa shape index (κ1) is 12.5. The van der Waals surface area contributed by atoms with Crippen molar-refractivity contribution in [1.82, 2.24) is 15.2 Å². The number of hydrogen-bond acceptors (Lipinski definition) is 3. The van der Waals surface area contributed by atoms with Crippen LogP contribution in [0, 0.1) is 0 Å². The highest BCUT2D eigenvalue weighted by Gasteiger charge is 2.29. The lowest BCUT2D eigenvalue weighted by atomic mass is 10.2. The smallest absolute Gasteiger partial charge is 0.237 e. The van der Waals surface area contributed by atoms with Crippen molar-refractivity contribution < 1.29 is 4.79 Å². The zero-order valence-electron chi connectivity index (χ0n) is 9.82. The Kier molecular flexibility index (Phi) is 4.12. The molecular formula is C12H16BrN3O. The molecule has 1 N–H and O–H groups in total. The molecule has 1 unspecified atom stereocenters. The molecule has 2 rings (SSSR count). The molecule has 4 nitrogen and oxygen atoms in total. The summed E-state index contributed by atoms with van der Waals surface area (Å²) in [6.45, 7) is 1.71. The minimum Gasteiger partial charge on any atom is -0.358 e. The first-order valence-electron chi connectivity index (χ1n) is 5.77. The summed E-state index contributed by atoms with van der Waals surface area (Å²) in [4.78, 5) is 18.2. The number of rotatable bonds is 3. The fourth-order valence-electron chi connectivity index (χ4n) is 2.19. The average Bonchev–Trinajstić information content (AvgIpc) is 2.79. The van der Waals surface area contributed by atoms with E-state index in [1.807, 2.05) is 12.1 Å². The number of likely N-dealkylation sites (tertiary alicyclic amines) is 1. The fourth-order valence-corrected chi connectivity index (χ4v) is 2.42. The minimum atomic E-state index is 0.00504. The fraction of sp³-hybridized carbons (Fsp3) is 0.500. The van der Waals surface area contributed by atoms with Crippen LogP contribution >= 0.6 is 15.9 Å². The summed E-state index contributed by atoms with van der Waals surface area (Å²) in [6, 6.07) is 3.97. The summed E-state index contributed by atoms with van der Waals surface area (Å²) in [5, 5.41) is 2.72. The van der Waals surface area contributed by atoms with Crippen molar-refractivity contribution in [1.29, 1.82) is 0 Å². The van der Waals surface area contributed by atoms with E-state index in [0.717, 1.165) is 36.1 Å². The zero-order valence-corrected chi connectivity index (χ0v) is 11.4. The maximum atomic E-state index is 11.7. The minimum absolute atomic E-state index is 0.00504. The van der Waals surface area contributed by atoms with Crippen LogP contribution < -0.4 is 5.32 Å². The molecule has 17 heavy (non-hydrogen) atoms. The molecule has 5 heteroatoms. The van der Waals surface area contributed by atoms with E-state index in [4.69, 9.17) is 0 Å². The van der Waals surface area contributed by atoms with E-state index in [1.165, 1.54) is 0 Å². The first-order valence-corrected chi connectivity index (χ1v) is 6.56. The second-order valence-corrected chi connectivity index (χ2v) is 5.13. The van der Waals surface area contributed by atoms with Crippen LogP contribution in [0.5, 0.6) is 0 Å². The number of nitrogens with one attached hydrogen (secondary N) is 1. The van der Waals surface area contributed by atoms with Gasteiger partial charge in [0.05, 0.1) is 11.7 Å². The number of halogens is 1. The SMILES string of the molecule is CNC(=O)C1CCCN1Cc1ccc(Br)cn1. The predicted molar refractivity (Wildman–Crippen MR) is 69.4 cm³/mol. The van der Waals surface area contributed by atoms with Gasteiger partial charge < -0.3 is 5.32 Å². The van der Waals surface area contributed by atoms with Gasteiger partial charge in [-0.15, -0.1) is 0 Å². The molecule has 1 saturated heterocycles. The van der Waals surface area contributed by atoms with E-state index in [-0.39, 0.29) is 11.9 Å². The van der Waals surface area contributed by atoms with Gasteiger partial charge in [0.25, 0.3) is 0 Å². The van der Waals surface area contributed by atoms with Crippen molar-refractivity contribution >= 4 is 21.8 Å². The Morgan fingerprint density at radius 1 is 1.65 bits per heavy atom. The molecule has 92 valence electrons. The lowest BCUT2D eigenvalue weighted by molar-refractivity contribution is -0.125. The second kappa shape index (κ2) is 5.60. The lowest BCUT2D eigenvalue weighted by Crippen LogP contribution is -2.41. The van der Waals surface area contributed by atoms with Crippen LogP contribution in [0.3, 0.4) is 0 Å². The number of carbonyl (C=O) groups excluding carboxylic acids is 1. The van der Waals surface area contributed by atoms with E-state index in [9.17, 15) is 4.79 Å². The Labute approximate surface area is 110 Å². The van der Waals surface area contributed by atoms with E-state index in [1.54, 1.807) is 13.2 Å². The molecule has 0 aliphatic carbocycles. The predicted octanol–water partition coefficient (Wildman–Crippen LogP) is 1.55. The maximum Gasteiger partial charge on any atom is 0.237 e. The van der Waals surface area contributed by atoms with Crippen LogP contribution in [-0.2, 0) is 11.3 Å². The number of pyridine rings is 1. The number of amides is 1. The number of likely N-dealkylation sites (N-methyl/N-ethyl adjacent to an activating group) is 1. The van der Waals surface area contributed by atoms with Gasteiger partial charge in [0.2, 0.25) is 5.91 Å². The molecule has 1 amide bonds. The molecule has 1 aliphatic rings. The van der Waals surface area contributed by atoms with Gasteiger partial charge in [-0.25, -0.2) is 0 Å². The Bertz CT molecular complexity index is 393. The van der Waals surface area contributed by atoms with Crippen molar-refractivity contribution in [3.05, 3.63) is 28.5 Å². The molecule has 2 heterocycles. The van der Waals surface area contributed by atoms with E-state index < -0.39 is 0 Å². The number of carbonyl (C=O) groups is 1. The third-order valence-electron chi connectivity index (χ3n) is 3.07. The molecule has 0 bridgehead atoms. The van der Waals surface area contributed by atoms with Crippen molar-refractivity contribution in [2.75, 3.05) is 13.6 Å². The van der Waals surface area contributed by atoms with Crippen molar-refractivity contribution in [3.63, 3.8) is 0 Å². The van der Waals surface area contributed by atoms with E-state index in [0.29, 0.717) is 0 Å². The Morgan fingerprint density at radius 3 is 3.12 bits per heavy atom. The zero-order chi connectivity index (χ0) is 12.3. The highest BCUT2D eigenvalue weighted by Crippen LogP contribution is 2.20. The molecule has 1 aliphatic heterocycles. The van der Waals surface area contributed by atoms with Gasteiger partial charge in [0.15, 0.2) is 0 Å². The van der Waals surface area contributed by atoms with Gasteiger partial charge in [0.1, 0.15) is 0 Å². The molecule has 1 atom stereocenters. The molecule has 1 fully saturated rings. The molecular weight excluding hydrogens is 282 g/mol. The van der Waals surface area contributed by atoms with Crippen LogP contribution in [0.15, 0.2) is 22.8 Å². The van der Waals surface area contributed by atoms with Gasteiger partial charge in [-0.05, 0) is 47.4 Å². The molecule has 0 saturated carbocycles. The Balaban J connectivity index is 2.02. The average molecular weight is 298 g/mol. The summed E-state index contributed by atoms with van der Waals surface area (Å²) in [6.07, 6.45) is 3.81. The van der Waals surface area contributed by atoms with Crippen LogP contribution in [0.1, 0.15) is 18.5 Å². The van der Waals surface area contributed by atoms with Crippen molar-refractivity contribution in [2.45, 2.75) is 25.4 Å². The monoisotopic (exact) mass is 297 g/mol. The normalized spacial score (nSPS) is 20.5. The van der Waals surface area contributed by atoms with Gasteiger partial charge in [-0.3, -0.25) is 14.7 Å². The number of nitrogens with zero attached hydrogens (tertiary/aromatic N) is 2. The number of aromatic nitrogens is 1. The molecule has 1 aromatic heterocycles. The highest BCUT2D eigenvalue weighted by atomic mass is 79.9. The van der Waals surface area contributed by atoms with Gasteiger partial charge >= 0.3 is 0 Å². The summed E-state index contributed by atoms with van der Waals surface area (Å²) in [7, 11) is 1.69. The number of hydrogen-bond donors (Lipinski definition) is 1. The Morgan fingerprint density at radius 2 is 2.47 bits per heavy atom. The van der Waals surface area contributed by atoms with Gasteiger partial charge in [-0.2, -0.15) is 0 Å². The van der Waals surface area contributed by atoms with E-state index >= 15 is 0 Å². The van der Waals surface area contributed by atoms with Crippen LogP contribution in [-0.4, -0.2) is 35.4 Å². The molecule has 0 spiro atoms. The van der Waals surface area contributed by atoms with Crippen LogP contribution in [0.4, 0.5) is 0 Å². The maximum absolute atomic E-state index is 11.7. The summed E-state index contributed by atoms with van der Waals surface area (Å²) in [5.41, 5.74) is 1.00. The lowest BCUT2D eigenvalue weighted by Gasteiger charge is -2.22. The third kappa shape index (κ3) is 3.04. The van der Waals surface area contributed by atoms with E-state index in [2.05, 4.69) is 31.1 Å². The van der Waals surface area contributed by atoms with Crippen molar-refractivity contribution in [3.8, 4) is 0 Å². The standard InChI is InChI=1S/C12H16BrN3O/c1-14-12(17)11-3-2-6-16(11)8-10-5-4-9(13)7-15-10/h4-5,7,11H,2-3,6,8H2,1H3,(H,14,17). The molecule has 1 aromatic rings. The highest BCUT2D eigenvalue weighted by molar-refractivity contribution is 9.10. The summed E-state index contributed by atoms with van der Waals surface area (Å²) >= 11 is 3.36. The van der Waals surface area contributed by atoms with Crippen LogP contribution in [0.2, 0.25) is 0 Å². The Hall–Kier alpha value is -0.940. The van der Waals surface area contributed by atoms with Gasteiger partial charge in [0, 0.05) is 24.3 Å². The molecule has 0 aromatic carbocycles. The summed E-state index contributed by atoms with van der Waals surface area (Å²) in [5.74, 6) is 0.111.